The molecule has 3 aromatic carbocycles. The molecular weight excluding hydrogens is 540 g/mol. The highest BCUT2D eigenvalue weighted by molar-refractivity contribution is 5.87. The molecule has 8 heteroatoms. The number of hydrogen-bond acceptors (Lipinski definition) is 5. The number of methoxy groups -OCH3 is 1. The molecule has 2 aliphatic rings. The molecule has 226 valence electrons. The van der Waals surface area contributed by atoms with E-state index >= 15 is 0 Å². The van der Waals surface area contributed by atoms with E-state index in [1.165, 1.54) is 12.0 Å². The van der Waals surface area contributed by atoms with Crippen LogP contribution in [0.1, 0.15) is 37.5 Å². The minimum Gasteiger partial charge on any atom is -0.467 e. The predicted molar refractivity (Wildman–Crippen MR) is 166 cm³/mol. The summed E-state index contributed by atoms with van der Waals surface area (Å²) in [6, 6.07) is 29.8. The van der Waals surface area contributed by atoms with Crippen LogP contribution >= 0.6 is 0 Å². The van der Waals surface area contributed by atoms with Gasteiger partial charge < -0.3 is 19.4 Å². The zero-order valence-corrected chi connectivity index (χ0v) is 25.7. The van der Waals surface area contributed by atoms with Crippen molar-refractivity contribution in [2.45, 2.75) is 44.4 Å². The number of piperazine rings is 1. The van der Waals surface area contributed by atoms with E-state index in [4.69, 9.17) is 4.74 Å². The summed E-state index contributed by atoms with van der Waals surface area (Å²) in [6.45, 7) is 7.64. The van der Waals surface area contributed by atoms with E-state index in [2.05, 4.69) is 77.7 Å². The zero-order valence-electron chi connectivity index (χ0n) is 25.7. The van der Waals surface area contributed by atoms with Gasteiger partial charge in [0.2, 0.25) is 5.91 Å². The van der Waals surface area contributed by atoms with Gasteiger partial charge in [0.05, 0.1) is 12.6 Å². The number of carbonyl (C=O) groups excluding carboxylic acids is 3. The summed E-state index contributed by atoms with van der Waals surface area (Å²) < 4.78 is 4.96. The Morgan fingerprint density at radius 3 is 1.72 bits per heavy atom. The van der Waals surface area contributed by atoms with Gasteiger partial charge in [0.1, 0.15) is 12.1 Å². The number of nitrogens with zero attached hydrogens (tertiary/aromatic N) is 4. The van der Waals surface area contributed by atoms with Crippen molar-refractivity contribution < 1.29 is 19.1 Å². The summed E-state index contributed by atoms with van der Waals surface area (Å²) in [5.41, 5.74) is 2.70. The van der Waals surface area contributed by atoms with Crippen LogP contribution in [-0.2, 0) is 19.9 Å². The molecule has 2 unspecified atom stereocenters. The van der Waals surface area contributed by atoms with Gasteiger partial charge >= 0.3 is 12.0 Å². The highest BCUT2D eigenvalue weighted by Crippen LogP contribution is 2.48. The average Bonchev–Trinajstić information content (AvgIpc) is 3.83. The van der Waals surface area contributed by atoms with Crippen LogP contribution in [0.25, 0.3) is 0 Å². The summed E-state index contributed by atoms with van der Waals surface area (Å²) in [4.78, 5) is 47.4. The molecule has 0 aliphatic carbocycles. The number of carbonyl (C=O) groups is 3. The normalized spacial score (nSPS) is 20.8. The minimum absolute atomic E-state index is 0.0785. The molecule has 0 spiro atoms. The summed E-state index contributed by atoms with van der Waals surface area (Å²) in [5.74, 6) is -0.448. The maximum atomic E-state index is 14.2. The first-order chi connectivity index (χ1) is 20.7. The van der Waals surface area contributed by atoms with E-state index in [0.717, 1.165) is 16.7 Å². The molecule has 0 aromatic heterocycles. The second-order valence-corrected chi connectivity index (χ2v) is 11.9. The number of esters is 1. The third kappa shape index (κ3) is 5.64. The van der Waals surface area contributed by atoms with Crippen molar-refractivity contribution in [3.05, 3.63) is 108 Å². The Hall–Kier alpha value is -4.17. The lowest BCUT2D eigenvalue weighted by Gasteiger charge is -2.43. The van der Waals surface area contributed by atoms with E-state index in [1.54, 1.807) is 11.9 Å². The third-order valence-corrected chi connectivity index (χ3v) is 8.88. The topological polar surface area (TPSA) is 73.2 Å². The van der Waals surface area contributed by atoms with Gasteiger partial charge in [-0.3, -0.25) is 9.69 Å². The van der Waals surface area contributed by atoms with Gasteiger partial charge in [0, 0.05) is 39.3 Å². The molecule has 0 N–H and O–H groups in total. The van der Waals surface area contributed by atoms with Crippen LogP contribution in [0.3, 0.4) is 0 Å². The fourth-order valence-corrected chi connectivity index (χ4v) is 6.75. The SMILES string of the molecule is COC(=O)[C@H](C(C)C)N(C)C(=O)N1CCN(C(=O)C2CN2C(c2ccccc2)(c2ccccc2)c2ccccc2)[C@@H](C)C1. The molecule has 3 amide bonds. The van der Waals surface area contributed by atoms with Crippen LogP contribution in [0.4, 0.5) is 4.79 Å². The van der Waals surface area contributed by atoms with Gasteiger partial charge in [-0.2, -0.15) is 0 Å². The van der Waals surface area contributed by atoms with Crippen molar-refractivity contribution in [2.24, 2.45) is 5.92 Å². The number of rotatable bonds is 8. The van der Waals surface area contributed by atoms with Crippen molar-refractivity contribution in [3.8, 4) is 0 Å². The van der Waals surface area contributed by atoms with Crippen molar-refractivity contribution in [3.63, 3.8) is 0 Å². The second-order valence-electron chi connectivity index (χ2n) is 11.9. The molecule has 4 atom stereocenters. The van der Waals surface area contributed by atoms with Crippen LogP contribution in [0.2, 0.25) is 0 Å². The van der Waals surface area contributed by atoms with E-state index in [0.29, 0.717) is 26.2 Å². The van der Waals surface area contributed by atoms with Crippen LogP contribution in [-0.4, -0.2) is 96.0 Å². The molecule has 8 nitrogen and oxygen atoms in total. The van der Waals surface area contributed by atoms with Crippen LogP contribution < -0.4 is 0 Å². The maximum absolute atomic E-state index is 14.2. The standard InChI is InChI=1S/C35H42N4O4/c1-25(2)31(33(41)43-5)36(4)34(42)37-21-22-38(26(3)23-37)32(40)30-24-39(30)35(27-15-9-6-10-16-27,28-17-11-7-12-18-28)29-19-13-8-14-20-29/h6-20,25-26,30-31H,21-24H2,1-5H3/t26-,30?,31-,39?/m0/s1. The minimum atomic E-state index is -0.672. The van der Waals surface area contributed by atoms with E-state index in [9.17, 15) is 14.4 Å². The van der Waals surface area contributed by atoms with Crippen molar-refractivity contribution in [1.29, 1.82) is 0 Å². The smallest absolute Gasteiger partial charge is 0.328 e. The quantitative estimate of drug-likeness (QED) is 0.223. The monoisotopic (exact) mass is 582 g/mol. The van der Waals surface area contributed by atoms with E-state index < -0.39 is 17.6 Å². The van der Waals surface area contributed by atoms with Gasteiger partial charge in [0.15, 0.2) is 0 Å². The largest absolute Gasteiger partial charge is 0.467 e. The van der Waals surface area contributed by atoms with Gasteiger partial charge in [-0.1, -0.05) is 105 Å². The fraction of sp³-hybridized carbons (Fsp3) is 0.400. The molecular formula is C35H42N4O4. The Morgan fingerprint density at radius 1 is 0.814 bits per heavy atom. The molecule has 2 fully saturated rings. The lowest BCUT2D eigenvalue weighted by Crippen LogP contribution is -2.60. The number of likely N-dealkylation sites (N-methyl/N-ethyl adjacent to an activating group) is 1. The van der Waals surface area contributed by atoms with E-state index in [-0.39, 0.29) is 29.9 Å². The number of ether oxygens (including phenoxy) is 1. The second kappa shape index (κ2) is 12.6. The van der Waals surface area contributed by atoms with Crippen molar-refractivity contribution >= 4 is 17.9 Å². The van der Waals surface area contributed by atoms with Crippen LogP contribution in [0, 0.1) is 5.92 Å². The van der Waals surface area contributed by atoms with Gasteiger partial charge in [-0.05, 0) is 29.5 Å². The van der Waals surface area contributed by atoms with E-state index in [1.807, 2.05) is 43.9 Å². The molecule has 2 saturated heterocycles. The van der Waals surface area contributed by atoms with Crippen LogP contribution in [0.15, 0.2) is 91.0 Å². The van der Waals surface area contributed by atoms with Crippen molar-refractivity contribution in [1.82, 2.24) is 19.6 Å². The Balaban J connectivity index is 1.38. The summed E-state index contributed by atoms with van der Waals surface area (Å²) in [6.07, 6.45) is 0. The number of amides is 3. The zero-order chi connectivity index (χ0) is 30.7. The molecule has 3 aromatic rings. The first-order valence-electron chi connectivity index (χ1n) is 15.0. The average molecular weight is 583 g/mol. The Labute approximate surface area is 254 Å². The molecule has 0 saturated carbocycles. The molecule has 2 heterocycles. The number of benzene rings is 3. The Morgan fingerprint density at radius 2 is 1.30 bits per heavy atom. The van der Waals surface area contributed by atoms with Crippen LogP contribution in [0.5, 0.6) is 0 Å². The summed E-state index contributed by atoms with van der Waals surface area (Å²) in [5, 5.41) is 0. The highest BCUT2D eigenvalue weighted by Gasteiger charge is 2.57. The fourth-order valence-electron chi connectivity index (χ4n) is 6.75. The van der Waals surface area contributed by atoms with Gasteiger partial charge in [-0.25, -0.2) is 9.59 Å². The lowest BCUT2D eigenvalue weighted by atomic mass is 9.76. The first kappa shape index (κ1) is 30.3. The maximum Gasteiger partial charge on any atom is 0.328 e. The van der Waals surface area contributed by atoms with Gasteiger partial charge in [-0.15, -0.1) is 0 Å². The third-order valence-electron chi connectivity index (χ3n) is 8.88. The summed E-state index contributed by atoms with van der Waals surface area (Å²) in [7, 11) is 2.98. The molecule has 43 heavy (non-hydrogen) atoms. The molecule has 0 radical (unpaired) electrons. The predicted octanol–water partition coefficient (Wildman–Crippen LogP) is 4.44. The number of urea groups is 1. The highest BCUT2D eigenvalue weighted by atomic mass is 16.5. The Bertz CT molecular complexity index is 1320. The summed E-state index contributed by atoms with van der Waals surface area (Å²) >= 11 is 0. The molecule has 0 bridgehead atoms. The van der Waals surface area contributed by atoms with Gasteiger partial charge in [0.25, 0.3) is 0 Å². The lowest BCUT2D eigenvalue weighted by molar-refractivity contribution is -0.147. The molecule has 5 rings (SSSR count). The van der Waals surface area contributed by atoms with Crippen molar-refractivity contribution in [2.75, 3.05) is 40.3 Å². The first-order valence-corrected chi connectivity index (χ1v) is 15.0. The molecule has 2 aliphatic heterocycles. The Kier molecular flexibility index (Phi) is 8.87. The number of hydrogen-bond donors (Lipinski definition) is 0.